The number of quaternary nitrogens is 1. The molecule has 26 heavy (non-hydrogen) atoms. The number of carbonyl (C=O) groups is 1. The minimum Gasteiger partial charge on any atom is -0.328 e. The Morgan fingerprint density at radius 1 is 1.27 bits per heavy atom. The van der Waals surface area contributed by atoms with E-state index in [4.69, 9.17) is 0 Å². The molecule has 6 nitrogen and oxygen atoms in total. The van der Waals surface area contributed by atoms with E-state index in [1.807, 2.05) is 0 Å². The molecule has 2 aliphatic heterocycles. The van der Waals surface area contributed by atoms with Crippen LogP contribution in [0.5, 0.6) is 0 Å². The smallest absolute Gasteiger partial charge is 0.243 e. The van der Waals surface area contributed by atoms with Crippen LogP contribution in [0.15, 0.2) is 40.6 Å². The SMILES string of the molecule is C[C@@H]1C(=O)Nc2ccc(S(=O)(=O)N3CC[NH+](Cc4cccs4)CC3)cc21. The molecule has 2 N–H and O–H groups in total. The molecule has 0 unspecified atom stereocenters. The summed E-state index contributed by atoms with van der Waals surface area (Å²) in [4.78, 5) is 14.8. The van der Waals surface area contributed by atoms with E-state index in [2.05, 4.69) is 22.8 Å². The highest BCUT2D eigenvalue weighted by Crippen LogP contribution is 2.34. The third kappa shape index (κ3) is 3.18. The molecule has 2 aliphatic rings. The van der Waals surface area contributed by atoms with E-state index in [0.29, 0.717) is 18.8 Å². The number of fused-ring (bicyclic) bond motifs is 1. The lowest BCUT2D eigenvalue weighted by Gasteiger charge is -2.31. The summed E-state index contributed by atoms with van der Waals surface area (Å²) in [6, 6.07) is 9.12. The Labute approximate surface area is 157 Å². The standard InChI is InChI=1S/C18H21N3O3S2/c1-13-16-11-15(4-5-17(16)19-18(13)22)26(23,24)21-8-6-20(7-9-21)12-14-3-2-10-25-14/h2-5,10-11,13H,6-9,12H2,1H3,(H,19,22)/p+1/t13-/m0/s1. The number of piperazine rings is 1. The fraction of sp³-hybridized carbons (Fsp3) is 0.389. The van der Waals surface area contributed by atoms with Crippen LogP contribution in [0.3, 0.4) is 0 Å². The van der Waals surface area contributed by atoms with Gasteiger partial charge in [-0.1, -0.05) is 6.07 Å². The van der Waals surface area contributed by atoms with E-state index in [9.17, 15) is 13.2 Å². The number of anilines is 1. The van der Waals surface area contributed by atoms with Gasteiger partial charge in [0.05, 0.1) is 41.9 Å². The number of thiophene rings is 1. The van der Waals surface area contributed by atoms with Gasteiger partial charge in [-0.2, -0.15) is 4.31 Å². The molecule has 1 amide bonds. The number of hydrogen-bond donors (Lipinski definition) is 2. The molecule has 2 aromatic rings. The monoisotopic (exact) mass is 392 g/mol. The summed E-state index contributed by atoms with van der Waals surface area (Å²) >= 11 is 1.75. The fourth-order valence-corrected chi connectivity index (χ4v) is 5.84. The number of hydrogen-bond acceptors (Lipinski definition) is 4. The van der Waals surface area contributed by atoms with Gasteiger partial charge in [-0.15, -0.1) is 11.3 Å². The second-order valence-corrected chi connectivity index (χ2v) is 9.84. The minimum atomic E-state index is -3.53. The Balaban J connectivity index is 1.47. The topological polar surface area (TPSA) is 70.9 Å². The molecule has 1 fully saturated rings. The third-order valence-corrected chi connectivity index (χ3v) is 7.98. The van der Waals surface area contributed by atoms with Crippen molar-refractivity contribution in [2.45, 2.75) is 24.3 Å². The second kappa shape index (κ2) is 6.77. The van der Waals surface area contributed by atoms with E-state index in [-0.39, 0.29) is 16.7 Å². The third-order valence-electron chi connectivity index (χ3n) is 5.21. The van der Waals surface area contributed by atoms with Crippen LogP contribution >= 0.6 is 11.3 Å². The van der Waals surface area contributed by atoms with Crippen LogP contribution in [-0.2, 0) is 21.4 Å². The van der Waals surface area contributed by atoms with Crippen molar-refractivity contribution in [1.82, 2.24) is 4.31 Å². The maximum Gasteiger partial charge on any atom is 0.243 e. The van der Waals surface area contributed by atoms with Crippen molar-refractivity contribution in [3.63, 3.8) is 0 Å². The molecule has 1 saturated heterocycles. The first-order valence-electron chi connectivity index (χ1n) is 8.76. The van der Waals surface area contributed by atoms with Gasteiger partial charge >= 0.3 is 0 Å². The van der Waals surface area contributed by atoms with Crippen LogP contribution < -0.4 is 10.2 Å². The van der Waals surface area contributed by atoms with Crippen LogP contribution in [0.2, 0.25) is 0 Å². The van der Waals surface area contributed by atoms with Crippen molar-refractivity contribution in [3.05, 3.63) is 46.2 Å². The maximum atomic E-state index is 13.0. The number of amides is 1. The first-order valence-corrected chi connectivity index (χ1v) is 11.1. The van der Waals surface area contributed by atoms with E-state index in [1.165, 1.54) is 9.78 Å². The maximum absolute atomic E-state index is 13.0. The van der Waals surface area contributed by atoms with Gasteiger partial charge in [0, 0.05) is 5.69 Å². The number of carbonyl (C=O) groups excluding carboxylic acids is 1. The van der Waals surface area contributed by atoms with Crippen LogP contribution in [0.4, 0.5) is 5.69 Å². The normalized spacial score (nSPS) is 21.6. The lowest BCUT2D eigenvalue weighted by atomic mass is 10.0. The Kier molecular flexibility index (Phi) is 4.60. The molecule has 138 valence electrons. The predicted octanol–water partition coefficient (Wildman–Crippen LogP) is 0.893. The molecule has 3 heterocycles. The minimum absolute atomic E-state index is 0.0830. The van der Waals surface area contributed by atoms with Crippen LogP contribution in [0.25, 0.3) is 0 Å². The number of benzene rings is 1. The highest BCUT2D eigenvalue weighted by Gasteiger charge is 2.33. The predicted molar refractivity (Wildman–Crippen MR) is 101 cm³/mol. The molecule has 1 atom stereocenters. The number of rotatable bonds is 4. The highest BCUT2D eigenvalue weighted by molar-refractivity contribution is 7.89. The van der Waals surface area contributed by atoms with Gasteiger partial charge in [0.15, 0.2) is 0 Å². The average molecular weight is 393 g/mol. The van der Waals surface area contributed by atoms with Crippen molar-refractivity contribution >= 4 is 33.0 Å². The van der Waals surface area contributed by atoms with Crippen molar-refractivity contribution in [2.75, 3.05) is 31.5 Å². The molecule has 1 aromatic heterocycles. The zero-order valence-electron chi connectivity index (χ0n) is 14.6. The van der Waals surface area contributed by atoms with Crippen molar-refractivity contribution in [2.24, 2.45) is 0 Å². The van der Waals surface area contributed by atoms with Crippen LogP contribution in [0.1, 0.15) is 23.3 Å². The molecule has 0 aliphatic carbocycles. The number of nitrogens with zero attached hydrogens (tertiary/aromatic N) is 1. The zero-order chi connectivity index (χ0) is 18.3. The van der Waals surface area contributed by atoms with Crippen molar-refractivity contribution in [1.29, 1.82) is 0 Å². The van der Waals surface area contributed by atoms with E-state index < -0.39 is 10.0 Å². The molecule has 1 aromatic carbocycles. The van der Waals surface area contributed by atoms with Gasteiger partial charge in [-0.05, 0) is 42.1 Å². The lowest BCUT2D eigenvalue weighted by Crippen LogP contribution is -3.13. The van der Waals surface area contributed by atoms with Gasteiger partial charge in [0.1, 0.15) is 6.54 Å². The molecule has 0 bridgehead atoms. The van der Waals surface area contributed by atoms with Crippen LogP contribution in [-0.4, -0.2) is 44.8 Å². The average Bonchev–Trinajstić information content (AvgIpc) is 3.24. The molecule has 0 saturated carbocycles. The Morgan fingerprint density at radius 3 is 2.73 bits per heavy atom. The summed E-state index contributed by atoms with van der Waals surface area (Å²) in [6.45, 7) is 5.40. The first kappa shape index (κ1) is 17.7. The van der Waals surface area contributed by atoms with Gasteiger partial charge in [-0.25, -0.2) is 8.42 Å². The second-order valence-electron chi connectivity index (χ2n) is 6.87. The summed E-state index contributed by atoms with van der Waals surface area (Å²) in [5, 5.41) is 4.86. The zero-order valence-corrected chi connectivity index (χ0v) is 16.2. The summed E-state index contributed by atoms with van der Waals surface area (Å²) in [5.74, 6) is -0.396. The largest absolute Gasteiger partial charge is 0.328 e. The Bertz CT molecular complexity index is 917. The van der Waals surface area contributed by atoms with E-state index >= 15 is 0 Å². The summed E-state index contributed by atoms with van der Waals surface area (Å²) in [6.07, 6.45) is 0. The van der Waals surface area contributed by atoms with Crippen molar-refractivity contribution in [3.8, 4) is 0 Å². The highest BCUT2D eigenvalue weighted by atomic mass is 32.2. The Hall–Kier alpha value is -1.74. The lowest BCUT2D eigenvalue weighted by molar-refractivity contribution is -0.917. The van der Waals surface area contributed by atoms with Crippen molar-refractivity contribution < 1.29 is 18.1 Å². The fourth-order valence-electron chi connectivity index (χ4n) is 3.58. The van der Waals surface area contributed by atoms with E-state index in [0.717, 1.165) is 25.2 Å². The van der Waals surface area contributed by atoms with Gasteiger partial charge < -0.3 is 10.2 Å². The molecule has 8 heteroatoms. The summed E-state index contributed by atoms with van der Waals surface area (Å²) in [7, 11) is -3.53. The van der Waals surface area contributed by atoms with Gasteiger partial charge in [0.2, 0.25) is 15.9 Å². The Morgan fingerprint density at radius 2 is 2.04 bits per heavy atom. The number of sulfonamides is 1. The molecular formula is C18H22N3O3S2+. The summed E-state index contributed by atoms with van der Waals surface area (Å²) < 4.78 is 27.6. The van der Waals surface area contributed by atoms with Crippen LogP contribution in [0, 0.1) is 0 Å². The first-order chi connectivity index (χ1) is 12.4. The quantitative estimate of drug-likeness (QED) is 0.812. The number of nitrogens with one attached hydrogen (secondary N) is 2. The van der Waals surface area contributed by atoms with Gasteiger partial charge in [0.25, 0.3) is 0 Å². The summed E-state index contributed by atoms with van der Waals surface area (Å²) in [5.41, 5.74) is 1.48. The molecular weight excluding hydrogens is 370 g/mol. The molecule has 4 rings (SSSR count). The molecule has 0 radical (unpaired) electrons. The van der Waals surface area contributed by atoms with E-state index in [1.54, 1.807) is 40.8 Å². The van der Waals surface area contributed by atoms with Gasteiger partial charge in [-0.3, -0.25) is 4.79 Å². The molecule has 0 spiro atoms.